The molecular weight excluding hydrogens is 388 g/mol. The van der Waals surface area contributed by atoms with Gasteiger partial charge in [0, 0.05) is 23.1 Å². The topological polar surface area (TPSA) is 80.3 Å². The lowest BCUT2D eigenvalue weighted by Crippen LogP contribution is -2.22. The number of carbonyl (C=O) groups excluding carboxylic acids is 2. The molecule has 0 saturated heterocycles. The molecule has 156 valence electrons. The van der Waals surface area contributed by atoms with Gasteiger partial charge in [0.25, 0.3) is 0 Å². The minimum Gasteiger partial charge on any atom is -0.496 e. The van der Waals surface area contributed by atoms with Crippen LogP contribution in [0.15, 0.2) is 35.6 Å². The first-order valence-corrected chi connectivity index (χ1v) is 9.47. The number of rotatable bonds is 4. The lowest BCUT2D eigenvalue weighted by Gasteiger charge is -2.28. The fourth-order valence-electron chi connectivity index (χ4n) is 3.91. The van der Waals surface area contributed by atoms with Gasteiger partial charge in [-0.25, -0.2) is 0 Å². The first-order valence-electron chi connectivity index (χ1n) is 9.47. The highest BCUT2D eigenvalue weighted by Crippen LogP contribution is 2.51. The maximum Gasteiger partial charge on any atom is 0.312 e. The van der Waals surface area contributed by atoms with Gasteiger partial charge < -0.3 is 23.7 Å². The summed E-state index contributed by atoms with van der Waals surface area (Å²) >= 11 is 0. The van der Waals surface area contributed by atoms with E-state index in [2.05, 4.69) is 0 Å². The Kier molecular flexibility index (Phi) is 4.89. The molecule has 4 rings (SSSR count). The molecule has 1 atom stereocenters. The summed E-state index contributed by atoms with van der Waals surface area (Å²) in [5.41, 5.74) is 2.58. The SMILES string of the molecule is COc1cc(OC)c(C2CC(=O)Oc3ccc4c(c32)OC(=C(C)C)C4=O)cc1OC. The summed E-state index contributed by atoms with van der Waals surface area (Å²) in [4.78, 5) is 25.2. The molecule has 0 N–H and O–H groups in total. The Morgan fingerprint density at radius 1 is 0.933 bits per heavy atom. The number of hydrogen-bond acceptors (Lipinski definition) is 7. The van der Waals surface area contributed by atoms with Crippen LogP contribution in [0.1, 0.15) is 47.7 Å². The van der Waals surface area contributed by atoms with Gasteiger partial charge in [-0.3, -0.25) is 9.59 Å². The van der Waals surface area contributed by atoms with E-state index in [1.54, 1.807) is 31.4 Å². The average molecular weight is 410 g/mol. The van der Waals surface area contributed by atoms with Crippen LogP contribution < -0.4 is 23.7 Å². The molecule has 2 aromatic rings. The minimum atomic E-state index is -0.449. The molecule has 2 heterocycles. The van der Waals surface area contributed by atoms with Gasteiger partial charge in [0.05, 0.1) is 33.3 Å². The van der Waals surface area contributed by atoms with Crippen molar-refractivity contribution in [3.63, 3.8) is 0 Å². The number of ether oxygens (including phenoxy) is 5. The van der Waals surface area contributed by atoms with Crippen LogP contribution in [0.3, 0.4) is 0 Å². The summed E-state index contributed by atoms with van der Waals surface area (Å²) in [6.07, 6.45) is 0.0665. The van der Waals surface area contributed by atoms with Crippen molar-refractivity contribution in [3.05, 3.63) is 52.3 Å². The largest absolute Gasteiger partial charge is 0.496 e. The van der Waals surface area contributed by atoms with Crippen LogP contribution in [-0.2, 0) is 4.79 Å². The van der Waals surface area contributed by atoms with E-state index >= 15 is 0 Å². The molecule has 2 aliphatic heterocycles. The molecule has 30 heavy (non-hydrogen) atoms. The molecule has 2 aromatic carbocycles. The molecular formula is C23H22O7. The van der Waals surface area contributed by atoms with Crippen molar-refractivity contribution in [2.45, 2.75) is 26.2 Å². The van der Waals surface area contributed by atoms with E-state index in [9.17, 15) is 9.59 Å². The van der Waals surface area contributed by atoms with Gasteiger partial charge in [0.1, 0.15) is 17.2 Å². The third-order valence-electron chi connectivity index (χ3n) is 5.32. The van der Waals surface area contributed by atoms with Crippen LogP contribution in [0.4, 0.5) is 0 Å². The zero-order valence-corrected chi connectivity index (χ0v) is 17.5. The van der Waals surface area contributed by atoms with Gasteiger partial charge in [0.15, 0.2) is 17.3 Å². The van der Waals surface area contributed by atoms with E-state index in [4.69, 9.17) is 23.7 Å². The molecule has 2 aliphatic rings. The van der Waals surface area contributed by atoms with E-state index in [0.717, 1.165) is 5.57 Å². The number of allylic oxidation sites excluding steroid dienone is 2. The number of benzene rings is 2. The zero-order valence-electron chi connectivity index (χ0n) is 17.5. The molecule has 0 spiro atoms. The normalized spacial score (nSPS) is 17.0. The summed E-state index contributed by atoms with van der Waals surface area (Å²) in [5.74, 6) is 1.62. The van der Waals surface area contributed by atoms with Crippen molar-refractivity contribution in [2.24, 2.45) is 0 Å². The van der Waals surface area contributed by atoms with Crippen LogP contribution in [0, 0.1) is 0 Å². The Bertz CT molecular complexity index is 1090. The van der Waals surface area contributed by atoms with Gasteiger partial charge in [-0.15, -0.1) is 0 Å². The number of ketones is 1. The summed E-state index contributed by atoms with van der Waals surface area (Å²) < 4.78 is 27.9. The molecule has 0 aliphatic carbocycles. The molecule has 0 saturated carbocycles. The molecule has 0 radical (unpaired) electrons. The second-order valence-corrected chi connectivity index (χ2v) is 7.29. The Morgan fingerprint density at radius 3 is 2.23 bits per heavy atom. The Hall–Kier alpha value is -3.48. The van der Waals surface area contributed by atoms with Gasteiger partial charge >= 0.3 is 5.97 Å². The number of carbonyl (C=O) groups is 2. The number of methoxy groups -OCH3 is 3. The summed E-state index contributed by atoms with van der Waals surface area (Å²) in [6, 6.07) is 6.77. The number of Topliss-reactive ketones (excluding diaryl/α,β-unsaturated/α-hetero) is 1. The summed E-state index contributed by atoms with van der Waals surface area (Å²) in [5, 5.41) is 0. The summed E-state index contributed by atoms with van der Waals surface area (Å²) in [6.45, 7) is 3.64. The van der Waals surface area contributed by atoms with Crippen molar-refractivity contribution in [1.82, 2.24) is 0 Å². The Labute approximate surface area is 174 Å². The lowest BCUT2D eigenvalue weighted by atomic mass is 9.84. The van der Waals surface area contributed by atoms with E-state index in [1.165, 1.54) is 14.2 Å². The third-order valence-corrected chi connectivity index (χ3v) is 5.32. The zero-order chi connectivity index (χ0) is 21.6. The lowest BCUT2D eigenvalue weighted by molar-refractivity contribution is -0.135. The van der Waals surface area contributed by atoms with E-state index < -0.39 is 5.92 Å². The highest BCUT2D eigenvalue weighted by molar-refractivity contribution is 6.13. The summed E-state index contributed by atoms with van der Waals surface area (Å²) in [7, 11) is 4.62. The van der Waals surface area contributed by atoms with Gasteiger partial charge in [0.2, 0.25) is 5.78 Å². The predicted octanol–water partition coefficient (Wildman–Crippen LogP) is 4.02. The predicted molar refractivity (Wildman–Crippen MR) is 108 cm³/mol. The highest BCUT2D eigenvalue weighted by atomic mass is 16.5. The standard InChI is InChI=1S/C23H22O7/c1-11(2)22-21(25)12-6-7-15-20(23(12)30-22)14(9-19(24)29-15)13-8-17(27-4)18(28-5)10-16(13)26-3/h6-8,10,14H,9H2,1-5H3. The monoisotopic (exact) mass is 410 g/mol. The molecule has 0 bridgehead atoms. The number of esters is 1. The first kappa shape index (κ1) is 19.8. The van der Waals surface area contributed by atoms with Crippen molar-refractivity contribution >= 4 is 11.8 Å². The maximum atomic E-state index is 12.8. The second kappa shape index (κ2) is 7.40. The van der Waals surface area contributed by atoms with Gasteiger partial charge in [-0.2, -0.15) is 0 Å². The minimum absolute atomic E-state index is 0.0665. The van der Waals surface area contributed by atoms with Crippen LogP contribution in [0.25, 0.3) is 0 Å². The third kappa shape index (κ3) is 2.98. The van der Waals surface area contributed by atoms with E-state index in [0.29, 0.717) is 51.2 Å². The Morgan fingerprint density at radius 2 is 1.60 bits per heavy atom. The average Bonchev–Trinajstić information content (AvgIpc) is 3.08. The maximum absolute atomic E-state index is 12.8. The van der Waals surface area contributed by atoms with Crippen LogP contribution in [-0.4, -0.2) is 33.1 Å². The van der Waals surface area contributed by atoms with Gasteiger partial charge in [-0.1, -0.05) is 0 Å². The van der Waals surface area contributed by atoms with E-state index in [-0.39, 0.29) is 18.2 Å². The van der Waals surface area contributed by atoms with Crippen molar-refractivity contribution in [3.8, 4) is 28.7 Å². The van der Waals surface area contributed by atoms with Crippen molar-refractivity contribution in [2.75, 3.05) is 21.3 Å². The van der Waals surface area contributed by atoms with Crippen LogP contribution in [0.5, 0.6) is 28.7 Å². The smallest absolute Gasteiger partial charge is 0.312 e. The molecule has 0 amide bonds. The molecule has 0 aromatic heterocycles. The number of hydrogen-bond donors (Lipinski definition) is 0. The van der Waals surface area contributed by atoms with Crippen molar-refractivity contribution < 1.29 is 33.3 Å². The number of fused-ring (bicyclic) bond motifs is 3. The highest BCUT2D eigenvalue weighted by Gasteiger charge is 2.40. The molecule has 0 fully saturated rings. The fourth-order valence-corrected chi connectivity index (χ4v) is 3.91. The van der Waals surface area contributed by atoms with Crippen molar-refractivity contribution in [1.29, 1.82) is 0 Å². The molecule has 7 heteroatoms. The fraction of sp³-hybridized carbons (Fsp3) is 0.304. The Balaban J connectivity index is 1.96. The second-order valence-electron chi connectivity index (χ2n) is 7.29. The quantitative estimate of drug-likeness (QED) is 0.428. The van der Waals surface area contributed by atoms with Crippen LogP contribution >= 0.6 is 0 Å². The first-order chi connectivity index (χ1) is 14.4. The van der Waals surface area contributed by atoms with Gasteiger partial charge in [-0.05, 0) is 37.6 Å². The van der Waals surface area contributed by atoms with Crippen LogP contribution in [0.2, 0.25) is 0 Å². The molecule has 1 unspecified atom stereocenters. The van der Waals surface area contributed by atoms with E-state index in [1.807, 2.05) is 13.8 Å². The molecule has 7 nitrogen and oxygen atoms in total.